The molecule has 2 aromatic rings. The Labute approximate surface area is 136 Å². The first-order valence-electron chi connectivity index (χ1n) is 6.88. The Kier molecular flexibility index (Phi) is 4.67. The number of nitrogens with zero attached hydrogens (tertiary/aromatic N) is 1. The molecule has 1 aliphatic heterocycles. The van der Waals surface area contributed by atoms with E-state index in [9.17, 15) is 4.79 Å². The molecule has 0 bridgehead atoms. The van der Waals surface area contributed by atoms with E-state index in [0.717, 1.165) is 40.4 Å². The predicted octanol–water partition coefficient (Wildman–Crippen LogP) is 2.45. The van der Waals surface area contributed by atoms with Gasteiger partial charge >= 0.3 is 0 Å². The van der Waals surface area contributed by atoms with Crippen molar-refractivity contribution in [3.05, 3.63) is 39.8 Å². The summed E-state index contributed by atoms with van der Waals surface area (Å²) in [4.78, 5) is 16.4. The lowest BCUT2D eigenvalue weighted by molar-refractivity contribution is -0.120. The number of benzene rings is 1. The van der Waals surface area contributed by atoms with E-state index in [4.69, 9.17) is 0 Å². The minimum atomic E-state index is 0.0491. The van der Waals surface area contributed by atoms with Gasteiger partial charge in [0.1, 0.15) is 5.01 Å². The molecule has 6 heteroatoms. The molecule has 3 rings (SSSR count). The van der Waals surface area contributed by atoms with Gasteiger partial charge in [0.2, 0.25) is 5.91 Å². The van der Waals surface area contributed by atoms with Crippen LogP contribution in [0.15, 0.2) is 34.1 Å². The molecule has 0 aliphatic carbocycles. The summed E-state index contributed by atoms with van der Waals surface area (Å²) in [6.07, 6.45) is 0.352. The number of amides is 1. The van der Waals surface area contributed by atoms with Gasteiger partial charge in [0.25, 0.3) is 0 Å². The van der Waals surface area contributed by atoms with E-state index < -0.39 is 0 Å². The molecular formula is C15H16BrN3OS. The predicted molar refractivity (Wildman–Crippen MR) is 88.3 cm³/mol. The van der Waals surface area contributed by atoms with Gasteiger partial charge in [-0.3, -0.25) is 4.79 Å². The van der Waals surface area contributed by atoms with E-state index in [2.05, 4.69) is 31.5 Å². The largest absolute Gasteiger partial charge is 0.355 e. The molecule has 1 aromatic heterocycles. The quantitative estimate of drug-likeness (QED) is 0.855. The normalized spacial score (nSPS) is 14.7. The van der Waals surface area contributed by atoms with Crippen LogP contribution in [0, 0.1) is 5.92 Å². The second kappa shape index (κ2) is 6.68. The third-order valence-electron chi connectivity index (χ3n) is 3.42. The van der Waals surface area contributed by atoms with E-state index in [-0.39, 0.29) is 5.91 Å². The molecule has 0 radical (unpaired) electrons. The monoisotopic (exact) mass is 365 g/mol. The average molecular weight is 366 g/mol. The average Bonchev–Trinajstić information content (AvgIpc) is 2.85. The Morgan fingerprint density at radius 1 is 1.48 bits per heavy atom. The fourth-order valence-corrected chi connectivity index (χ4v) is 3.34. The van der Waals surface area contributed by atoms with Gasteiger partial charge in [-0.1, -0.05) is 28.1 Å². The lowest BCUT2D eigenvalue weighted by atomic mass is 10.0. The summed E-state index contributed by atoms with van der Waals surface area (Å²) in [7, 11) is 0. The van der Waals surface area contributed by atoms with Crippen molar-refractivity contribution >= 4 is 33.2 Å². The second-order valence-electron chi connectivity index (χ2n) is 5.16. The highest BCUT2D eigenvalue weighted by Crippen LogP contribution is 2.26. The number of aromatic nitrogens is 1. The van der Waals surface area contributed by atoms with Crippen LogP contribution >= 0.6 is 27.3 Å². The maximum Gasteiger partial charge on any atom is 0.226 e. The third-order valence-corrected chi connectivity index (χ3v) is 4.85. The highest BCUT2D eigenvalue weighted by atomic mass is 79.9. The molecule has 0 spiro atoms. The minimum absolute atomic E-state index is 0.0491. The number of nitrogens with one attached hydrogen (secondary N) is 2. The summed E-state index contributed by atoms with van der Waals surface area (Å²) >= 11 is 5.03. The first-order valence-corrected chi connectivity index (χ1v) is 8.56. The van der Waals surface area contributed by atoms with E-state index >= 15 is 0 Å². The topological polar surface area (TPSA) is 54.0 Å². The smallest absolute Gasteiger partial charge is 0.226 e. The zero-order valence-electron chi connectivity index (χ0n) is 11.4. The number of hydrogen-bond donors (Lipinski definition) is 2. The molecule has 1 amide bonds. The lowest BCUT2D eigenvalue weighted by Gasteiger charge is -2.26. The Balaban J connectivity index is 1.58. The molecule has 4 nitrogen and oxygen atoms in total. The van der Waals surface area contributed by atoms with Crippen LogP contribution < -0.4 is 10.6 Å². The molecule has 110 valence electrons. The third kappa shape index (κ3) is 3.90. The van der Waals surface area contributed by atoms with Gasteiger partial charge in [0.05, 0.1) is 12.1 Å². The van der Waals surface area contributed by atoms with E-state index in [1.165, 1.54) is 0 Å². The van der Waals surface area contributed by atoms with Gasteiger partial charge < -0.3 is 10.6 Å². The van der Waals surface area contributed by atoms with Crippen molar-refractivity contribution in [1.82, 2.24) is 15.6 Å². The molecule has 0 atom stereocenters. The van der Waals surface area contributed by atoms with Gasteiger partial charge in [-0.05, 0) is 12.1 Å². The fourth-order valence-electron chi connectivity index (χ4n) is 2.12. The van der Waals surface area contributed by atoms with Crippen LogP contribution in [0.5, 0.6) is 0 Å². The lowest BCUT2D eigenvalue weighted by Crippen LogP contribution is -2.48. The summed E-state index contributed by atoms with van der Waals surface area (Å²) in [6.45, 7) is 2.77. The number of carbonyl (C=O) groups is 1. The van der Waals surface area contributed by atoms with Crippen LogP contribution in [-0.4, -0.2) is 30.5 Å². The summed E-state index contributed by atoms with van der Waals surface area (Å²) in [5.74, 6) is 0.634. The van der Waals surface area contributed by atoms with Gasteiger partial charge in [-0.25, -0.2) is 4.98 Å². The maximum atomic E-state index is 11.9. The second-order valence-corrected chi connectivity index (χ2v) is 6.93. The van der Waals surface area contributed by atoms with Crippen molar-refractivity contribution in [2.24, 2.45) is 5.92 Å². The maximum absolute atomic E-state index is 11.9. The first-order chi connectivity index (χ1) is 10.2. The van der Waals surface area contributed by atoms with E-state index in [1.807, 2.05) is 29.6 Å². The molecule has 2 N–H and O–H groups in total. The summed E-state index contributed by atoms with van der Waals surface area (Å²) in [5, 5.41) is 9.07. The number of hydrogen-bond acceptors (Lipinski definition) is 4. The molecule has 1 aliphatic rings. The number of carbonyl (C=O) groups excluding carboxylic acids is 1. The molecule has 1 fully saturated rings. The van der Waals surface area contributed by atoms with Crippen molar-refractivity contribution < 1.29 is 4.79 Å². The number of rotatable bonds is 5. The van der Waals surface area contributed by atoms with Gasteiger partial charge in [-0.15, -0.1) is 11.3 Å². The zero-order valence-corrected chi connectivity index (χ0v) is 13.8. The van der Waals surface area contributed by atoms with Crippen molar-refractivity contribution in [2.45, 2.75) is 6.42 Å². The van der Waals surface area contributed by atoms with Crippen molar-refractivity contribution in [2.75, 3.05) is 19.6 Å². The summed E-state index contributed by atoms with van der Waals surface area (Å²) in [6, 6.07) is 8.03. The zero-order chi connectivity index (χ0) is 14.7. The molecule has 1 saturated heterocycles. The van der Waals surface area contributed by atoms with Crippen LogP contribution in [0.3, 0.4) is 0 Å². The van der Waals surface area contributed by atoms with Crippen LogP contribution in [0.25, 0.3) is 10.6 Å². The van der Waals surface area contributed by atoms with Crippen molar-refractivity contribution in [3.8, 4) is 10.6 Å². The number of thiazole rings is 1. The van der Waals surface area contributed by atoms with Gasteiger partial charge in [-0.2, -0.15) is 0 Å². The van der Waals surface area contributed by atoms with Crippen LogP contribution in [0.1, 0.15) is 5.69 Å². The van der Waals surface area contributed by atoms with Gasteiger partial charge in [0, 0.05) is 41.0 Å². The molecule has 2 heterocycles. The van der Waals surface area contributed by atoms with E-state index in [0.29, 0.717) is 12.3 Å². The summed E-state index contributed by atoms with van der Waals surface area (Å²) in [5.41, 5.74) is 1.90. The van der Waals surface area contributed by atoms with Gasteiger partial charge in [0.15, 0.2) is 0 Å². The SMILES string of the molecule is O=C(Cc1csc(-c2cccc(Br)c2)n1)NCC1CNC1. The molecule has 0 unspecified atom stereocenters. The highest BCUT2D eigenvalue weighted by Gasteiger charge is 2.17. The van der Waals surface area contributed by atoms with E-state index in [1.54, 1.807) is 11.3 Å². The Bertz CT molecular complexity index is 639. The Morgan fingerprint density at radius 3 is 3.05 bits per heavy atom. The standard InChI is InChI=1S/C15H16BrN3OS/c16-12-3-1-2-11(4-12)15-19-13(9-21-15)5-14(20)18-8-10-6-17-7-10/h1-4,9-10,17H,5-8H2,(H,18,20). The Morgan fingerprint density at radius 2 is 2.33 bits per heavy atom. The van der Waals surface area contributed by atoms with Crippen molar-refractivity contribution in [3.63, 3.8) is 0 Å². The molecular weight excluding hydrogens is 350 g/mol. The van der Waals surface area contributed by atoms with Crippen LogP contribution in [-0.2, 0) is 11.2 Å². The molecule has 21 heavy (non-hydrogen) atoms. The first kappa shape index (κ1) is 14.7. The minimum Gasteiger partial charge on any atom is -0.355 e. The van der Waals surface area contributed by atoms with Crippen LogP contribution in [0.4, 0.5) is 0 Å². The number of halogens is 1. The summed E-state index contributed by atoms with van der Waals surface area (Å²) < 4.78 is 1.03. The molecule has 0 saturated carbocycles. The Hall–Kier alpha value is -1.24. The van der Waals surface area contributed by atoms with Crippen molar-refractivity contribution in [1.29, 1.82) is 0 Å². The fraction of sp³-hybridized carbons (Fsp3) is 0.333. The highest BCUT2D eigenvalue weighted by molar-refractivity contribution is 9.10. The molecule has 1 aromatic carbocycles. The van der Waals surface area contributed by atoms with Crippen LogP contribution in [0.2, 0.25) is 0 Å².